The summed E-state index contributed by atoms with van der Waals surface area (Å²) < 4.78 is 0. The third-order valence-electron chi connectivity index (χ3n) is 4.66. The maximum Gasteiger partial charge on any atom is 0.238 e. The van der Waals surface area contributed by atoms with Crippen molar-refractivity contribution in [2.45, 2.75) is 32.2 Å². The molecule has 0 saturated carbocycles. The van der Waals surface area contributed by atoms with E-state index in [9.17, 15) is 9.90 Å². The Hall–Kier alpha value is -2.33. The second-order valence-corrected chi connectivity index (χ2v) is 6.28. The number of phenols is 1. The number of carbonyl (C=O) groups excluding carboxylic acids is 1. The number of amides is 1. The van der Waals surface area contributed by atoms with Gasteiger partial charge in [0.25, 0.3) is 0 Å². The highest BCUT2D eigenvalue weighted by atomic mass is 16.3. The lowest BCUT2D eigenvalue weighted by Crippen LogP contribution is -2.33. The predicted molar refractivity (Wildman–Crippen MR) is 96.1 cm³/mol. The van der Waals surface area contributed by atoms with E-state index in [4.69, 9.17) is 0 Å². The van der Waals surface area contributed by atoms with Crippen LogP contribution < -0.4 is 5.32 Å². The van der Waals surface area contributed by atoms with Crippen molar-refractivity contribution in [3.8, 4) is 5.75 Å². The topological polar surface area (TPSA) is 52.6 Å². The van der Waals surface area contributed by atoms with Gasteiger partial charge in [-0.2, -0.15) is 0 Å². The summed E-state index contributed by atoms with van der Waals surface area (Å²) in [7, 11) is 0. The van der Waals surface area contributed by atoms with Crippen molar-refractivity contribution in [3.05, 3.63) is 59.7 Å². The summed E-state index contributed by atoms with van der Waals surface area (Å²) in [6.45, 7) is 3.41. The number of hydrogen-bond acceptors (Lipinski definition) is 3. The smallest absolute Gasteiger partial charge is 0.238 e. The Labute approximate surface area is 143 Å². The number of rotatable bonds is 5. The predicted octanol–water partition coefficient (Wildman–Crippen LogP) is 3.73. The number of aryl methyl sites for hydroxylation is 1. The molecule has 0 radical (unpaired) electrons. The molecule has 126 valence electrons. The Morgan fingerprint density at radius 1 is 1.21 bits per heavy atom. The zero-order valence-corrected chi connectivity index (χ0v) is 14.0. The Balaban J connectivity index is 1.66. The zero-order chi connectivity index (χ0) is 16.9. The summed E-state index contributed by atoms with van der Waals surface area (Å²) in [6.07, 6.45) is 3.03. The van der Waals surface area contributed by atoms with Crippen LogP contribution in [0.25, 0.3) is 0 Å². The molecule has 1 aliphatic heterocycles. The fraction of sp³-hybridized carbons (Fsp3) is 0.350. The highest BCUT2D eigenvalue weighted by Crippen LogP contribution is 2.32. The first-order valence-electron chi connectivity index (χ1n) is 8.58. The van der Waals surface area contributed by atoms with Crippen LogP contribution in [-0.2, 0) is 11.2 Å². The number of nitrogens with one attached hydrogen (secondary N) is 1. The highest BCUT2D eigenvalue weighted by molar-refractivity contribution is 5.93. The molecule has 1 heterocycles. The molecule has 2 N–H and O–H groups in total. The summed E-state index contributed by atoms with van der Waals surface area (Å²) >= 11 is 0. The summed E-state index contributed by atoms with van der Waals surface area (Å²) in [4.78, 5) is 14.7. The van der Waals surface area contributed by atoms with Gasteiger partial charge in [0.2, 0.25) is 5.91 Å². The molecule has 1 fully saturated rings. The molecular formula is C20H24N2O2. The first-order chi connectivity index (χ1) is 11.7. The van der Waals surface area contributed by atoms with Crippen LogP contribution in [0.15, 0.2) is 48.5 Å². The van der Waals surface area contributed by atoms with Gasteiger partial charge in [-0.3, -0.25) is 9.69 Å². The number of hydrogen-bond donors (Lipinski definition) is 2. The van der Waals surface area contributed by atoms with Crippen molar-refractivity contribution in [1.82, 2.24) is 4.90 Å². The number of nitrogens with zero attached hydrogens (tertiary/aromatic N) is 1. The van der Waals surface area contributed by atoms with Crippen molar-refractivity contribution >= 4 is 11.6 Å². The van der Waals surface area contributed by atoms with E-state index in [1.54, 1.807) is 12.1 Å². The fourth-order valence-electron chi connectivity index (χ4n) is 3.41. The van der Waals surface area contributed by atoms with Crippen LogP contribution in [0.2, 0.25) is 0 Å². The normalized spacial score (nSPS) is 17.8. The molecule has 1 amide bonds. The number of aromatic hydroxyl groups is 1. The van der Waals surface area contributed by atoms with Gasteiger partial charge < -0.3 is 10.4 Å². The van der Waals surface area contributed by atoms with Gasteiger partial charge in [-0.05, 0) is 55.1 Å². The van der Waals surface area contributed by atoms with Gasteiger partial charge in [0.05, 0.1) is 6.54 Å². The number of anilines is 1. The number of phenolic OH excluding ortho intramolecular Hbond substituents is 1. The van der Waals surface area contributed by atoms with E-state index >= 15 is 0 Å². The maximum absolute atomic E-state index is 12.5. The first kappa shape index (κ1) is 16.5. The summed E-state index contributed by atoms with van der Waals surface area (Å²) in [6, 6.07) is 15.5. The Morgan fingerprint density at radius 2 is 1.96 bits per heavy atom. The number of para-hydroxylation sites is 1. The van der Waals surface area contributed by atoms with Crippen LogP contribution in [-0.4, -0.2) is 29.0 Å². The summed E-state index contributed by atoms with van der Waals surface area (Å²) in [5.74, 6) is 0.304. The van der Waals surface area contributed by atoms with Gasteiger partial charge in [0, 0.05) is 11.7 Å². The van der Waals surface area contributed by atoms with E-state index in [1.807, 2.05) is 36.4 Å². The van der Waals surface area contributed by atoms with Crippen LogP contribution in [0.1, 0.15) is 36.9 Å². The second-order valence-electron chi connectivity index (χ2n) is 6.28. The van der Waals surface area contributed by atoms with Gasteiger partial charge in [-0.25, -0.2) is 0 Å². The van der Waals surface area contributed by atoms with E-state index in [0.717, 1.165) is 42.6 Å². The van der Waals surface area contributed by atoms with Crippen LogP contribution in [0, 0.1) is 0 Å². The molecule has 4 nitrogen and oxygen atoms in total. The molecule has 0 spiro atoms. The Morgan fingerprint density at radius 3 is 2.71 bits per heavy atom. The van der Waals surface area contributed by atoms with E-state index in [1.165, 1.54) is 0 Å². The van der Waals surface area contributed by atoms with Crippen LogP contribution in [0.3, 0.4) is 0 Å². The molecule has 2 aromatic carbocycles. The van der Waals surface area contributed by atoms with Crippen LogP contribution in [0.4, 0.5) is 5.69 Å². The van der Waals surface area contributed by atoms with Crippen molar-refractivity contribution in [1.29, 1.82) is 0 Å². The fourth-order valence-corrected chi connectivity index (χ4v) is 3.41. The highest BCUT2D eigenvalue weighted by Gasteiger charge is 2.27. The minimum absolute atomic E-state index is 0.0292. The average Bonchev–Trinajstić information content (AvgIpc) is 3.04. The minimum Gasteiger partial charge on any atom is -0.508 e. The Bertz CT molecular complexity index is 697. The molecule has 3 rings (SSSR count). The first-order valence-corrected chi connectivity index (χ1v) is 8.58. The van der Waals surface area contributed by atoms with E-state index < -0.39 is 0 Å². The largest absolute Gasteiger partial charge is 0.508 e. The average molecular weight is 324 g/mol. The molecule has 0 unspecified atom stereocenters. The van der Waals surface area contributed by atoms with E-state index in [2.05, 4.69) is 17.1 Å². The molecule has 1 aliphatic rings. The van der Waals surface area contributed by atoms with Crippen molar-refractivity contribution in [2.24, 2.45) is 0 Å². The molecule has 0 aromatic heterocycles. The standard InChI is InChI=1S/C20H24N2O2/c1-2-15-6-3-4-7-18(15)21-20(24)14-22-13-5-8-19(22)16-9-11-17(23)12-10-16/h3-4,6-7,9-12,19,23H,2,5,8,13-14H2,1H3,(H,21,24)/t19-/m0/s1. The number of carbonyl (C=O) groups is 1. The maximum atomic E-state index is 12.5. The minimum atomic E-state index is 0.0292. The van der Waals surface area contributed by atoms with Crippen LogP contribution in [0.5, 0.6) is 5.75 Å². The third-order valence-corrected chi connectivity index (χ3v) is 4.66. The van der Waals surface area contributed by atoms with Crippen molar-refractivity contribution in [2.75, 3.05) is 18.4 Å². The number of benzene rings is 2. The van der Waals surface area contributed by atoms with Crippen molar-refractivity contribution in [3.63, 3.8) is 0 Å². The van der Waals surface area contributed by atoms with E-state index in [-0.39, 0.29) is 17.7 Å². The molecule has 2 aromatic rings. The number of likely N-dealkylation sites (tertiary alicyclic amines) is 1. The van der Waals surface area contributed by atoms with Gasteiger partial charge in [0.15, 0.2) is 0 Å². The van der Waals surface area contributed by atoms with Gasteiger partial charge >= 0.3 is 0 Å². The summed E-state index contributed by atoms with van der Waals surface area (Å²) in [5, 5.41) is 12.5. The lowest BCUT2D eigenvalue weighted by Gasteiger charge is -2.24. The van der Waals surface area contributed by atoms with Crippen molar-refractivity contribution < 1.29 is 9.90 Å². The third kappa shape index (κ3) is 3.77. The lowest BCUT2D eigenvalue weighted by molar-refractivity contribution is -0.117. The lowest BCUT2D eigenvalue weighted by atomic mass is 10.0. The quantitative estimate of drug-likeness (QED) is 0.881. The molecule has 24 heavy (non-hydrogen) atoms. The van der Waals surface area contributed by atoms with Crippen LogP contribution >= 0.6 is 0 Å². The monoisotopic (exact) mass is 324 g/mol. The molecule has 1 saturated heterocycles. The molecule has 0 bridgehead atoms. The van der Waals surface area contributed by atoms with Gasteiger partial charge in [-0.1, -0.05) is 37.3 Å². The molecule has 1 atom stereocenters. The SMILES string of the molecule is CCc1ccccc1NC(=O)CN1CCC[C@H]1c1ccc(O)cc1. The molecule has 0 aliphatic carbocycles. The van der Waals surface area contributed by atoms with Gasteiger partial charge in [0.1, 0.15) is 5.75 Å². The zero-order valence-electron chi connectivity index (χ0n) is 14.0. The van der Waals surface area contributed by atoms with Gasteiger partial charge in [-0.15, -0.1) is 0 Å². The second kappa shape index (κ2) is 7.49. The molecular weight excluding hydrogens is 300 g/mol. The van der Waals surface area contributed by atoms with E-state index in [0.29, 0.717) is 6.54 Å². The summed E-state index contributed by atoms with van der Waals surface area (Å²) in [5.41, 5.74) is 3.22. The Kier molecular flexibility index (Phi) is 5.16. The molecule has 4 heteroatoms.